The molecule has 0 atom stereocenters. The van der Waals surface area contributed by atoms with Gasteiger partial charge in [0.15, 0.2) is 0 Å². The van der Waals surface area contributed by atoms with Crippen LogP contribution in [0.4, 0.5) is 0 Å². The van der Waals surface area contributed by atoms with Gasteiger partial charge in [-0.05, 0) is 72.8 Å². The summed E-state index contributed by atoms with van der Waals surface area (Å²) in [5, 5.41) is 13.7. The van der Waals surface area contributed by atoms with Gasteiger partial charge in [-0.2, -0.15) is 0 Å². The first-order valence-electron chi connectivity index (χ1n) is 32.6. The van der Waals surface area contributed by atoms with Crippen LogP contribution in [0.15, 0.2) is 330 Å². The third kappa shape index (κ3) is 15.3. The number of hydrogen-bond acceptors (Lipinski definition) is 18. The molecule has 22 rings (SSSR count). The van der Waals surface area contributed by atoms with Crippen LogP contribution in [0, 0.1) is 0 Å². The molecular weight excluding hydrogens is 1560 g/mol. The molecule has 0 aliphatic carbocycles. The van der Waals surface area contributed by atoms with Gasteiger partial charge in [0.2, 0.25) is 0 Å². The fourth-order valence-corrected chi connectivity index (χ4v) is 12.1. The second-order valence-corrected chi connectivity index (χ2v) is 23.1. The molecule has 22 aromatic rings. The summed E-state index contributed by atoms with van der Waals surface area (Å²) in [6.07, 6.45) is 31.4. The van der Waals surface area contributed by atoms with Crippen LogP contribution in [-0.4, -0.2) is 89.7 Å². The van der Waals surface area contributed by atoms with Gasteiger partial charge in [-0.3, -0.25) is 89.7 Å². The molecule has 18 nitrogen and oxygen atoms in total. The largest absolute Gasteiger partial charge is 0.254 e. The van der Waals surface area contributed by atoms with Crippen LogP contribution in [0.1, 0.15) is 0 Å². The summed E-state index contributed by atoms with van der Waals surface area (Å²) < 4.78 is 0. The average molecular weight is 1620 g/mol. The minimum absolute atomic E-state index is 0. The van der Waals surface area contributed by atoms with Crippen molar-refractivity contribution >= 4 is 164 Å². The number of benzene rings is 7. The van der Waals surface area contributed by atoms with E-state index in [2.05, 4.69) is 235 Å². The normalized spacial score (nSPS) is 10.6. The third-order valence-corrected chi connectivity index (χ3v) is 16.8. The fraction of sp³-hybridized carbons (Fsp3) is 0. The van der Waals surface area contributed by atoms with Crippen LogP contribution in [0.25, 0.3) is 164 Å². The van der Waals surface area contributed by atoms with Crippen molar-refractivity contribution < 1.29 is 58.4 Å². The van der Waals surface area contributed by atoms with Gasteiger partial charge in [0.25, 0.3) is 0 Å². The maximum absolute atomic E-state index is 4.35. The van der Waals surface area contributed by atoms with Gasteiger partial charge in [0, 0.05) is 235 Å². The van der Waals surface area contributed by atoms with Crippen LogP contribution in [0.2, 0.25) is 0 Å². The van der Waals surface area contributed by atoms with E-state index in [1.807, 2.05) is 72.8 Å². The van der Waals surface area contributed by atoms with Crippen molar-refractivity contribution in [3.05, 3.63) is 330 Å². The van der Waals surface area contributed by atoms with Crippen molar-refractivity contribution in [1.29, 1.82) is 0 Å². The molecule has 0 amide bonds. The molecule has 15 aromatic heterocycles. The molecule has 21 heteroatoms. The molecule has 15 heterocycles. The van der Waals surface area contributed by atoms with Gasteiger partial charge in [0.1, 0.15) is 33.1 Å². The number of hydrogen-bond donors (Lipinski definition) is 0. The van der Waals surface area contributed by atoms with Crippen molar-refractivity contribution in [2.24, 2.45) is 0 Å². The molecule has 7 aromatic carbocycles. The van der Waals surface area contributed by atoms with Gasteiger partial charge in [-0.25, -0.2) is 0 Å². The van der Waals surface area contributed by atoms with Crippen LogP contribution in [-0.2, 0) is 58.4 Å². The Labute approximate surface area is 637 Å². The van der Waals surface area contributed by atoms with Gasteiger partial charge < -0.3 is 0 Å². The van der Waals surface area contributed by atoms with Gasteiger partial charge >= 0.3 is 0 Å². The first-order valence-corrected chi connectivity index (χ1v) is 32.6. The zero-order valence-electron chi connectivity index (χ0n) is 55.3. The molecule has 0 saturated carbocycles. The Balaban J connectivity index is 0.000000108. The first-order chi connectivity index (χ1) is 50.6. The number of aromatic nitrogens is 18. The summed E-state index contributed by atoms with van der Waals surface area (Å²) in [6.45, 7) is 0. The molecule has 0 unspecified atom stereocenters. The van der Waals surface area contributed by atoms with E-state index in [1.54, 1.807) is 112 Å². The molecule has 0 N–H and O–H groups in total. The van der Waals surface area contributed by atoms with E-state index in [4.69, 9.17) is 0 Å². The van der Waals surface area contributed by atoms with E-state index in [-0.39, 0.29) is 58.4 Å². The number of nitrogens with zero attached hydrogens (tertiary/aromatic N) is 18. The predicted molar refractivity (Wildman–Crippen MR) is 408 cm³/mol. The summed E-state index contributed by atoms with van der Waals surface area (Å²) in [6, 6.07) is 72.8. The predicted octanol–water partition coefficient (Wildman–Crippen LogP) is 18.2. The summed E-state index contributed by atoms with van der Waals surface area (Å²) in [5.41, 5.74) is 15.9. The Morgan fingerprint density at radius 1 is 0.0952 bits per heavy atom. The first kappa shape index (κ1) is 70.8. The van der Waals surface area contributed by atoms with E-state index < -0.39 is 0 Å². The Bertz CT molecular complexity index is 5400. The van der Waals surface area contributed by atoms with Crippen molar-refractivity contribution in [3.8, 4) is 0 Å². The van der Waals surface area contributed by atoms with Gasteiger partial charge in [-0.15, -0.1) is 0 Å². The van der Waals surface area contributed by atoms with Crippen LogP contribution < -0.4 is 0 Å². The van der Waals surface area contributed by atoms with Crippen LogP contribution in [0.5, 0.6) is 0 Å². The van der Waals surface area contributed by atoms with Gasteiger partial charge in [-0.1, -0.05) is 146 Å². The fourth-order valence-electron chi connectivity index (χ4n) is 12.1. The number of pyridine rings is 12. The van der Waals surface area contributed by atoms with Gasteiger partial charge in [0.05, 0.1) is 66.2 Å². The van der Waals surface area contributed by atoms with E-state index >= 15 is 0 Å². The zero-order valence-corrected chi connectivity index (χ0v) is 60.5. The minimum Gasteiger partial charge on any atom is -0.254 e. The molecule has 0 spiro atoms. The molecule has 0 aliphatic rings. The quantitative estimate of drug-likeness (QED) is 0.101. The van der Waals surface area contributed by atoms with E-state index in [0.29, 0.717) is 33.1 Å². The van der Waals surface area contributed by atoms with Crippen molar-refractivity contribution in [1.82, 2.24) is 89.7 Å². The van der Waals surface area contributed by atoms with E-state index in [1.165, 1.54) is 0 Å². The van der Waals surface area contributed by atoms with Crippen molar-refractivity contribution in [2.45, 2.75) is 0 Å². The maximum Gasteiger partial charge on any atom is 0.119 e. The second-order valence-electron chi connectivity index (χ2n) is 23.1. The van der Waals surface area contributed by atoms with Crippen LogP contribution >= 0.6 is 0 Å². The monoisotopic (exact) mass is 1620 g/mol. The zero-order chi connectivity index (χ0) is 68.2. The van der Waals surface area contributed by atoms with E-state index in [9.17, 15) is 0 Å². The molecule has 105 heavy (non-hydrogen) atoms. The number of fused-ring (bicyclic) bond motifs is 24. The summed E-state index contributed by atoms with van der Waals surface area (Å²) in [5.74, 6) is 0. The second kappa shape index (κ2) is 33.4. The Morgan fingerprint density at radius 3 is 0.276 bits per heavy atom. The standard InChI is InChI=1S/C12H6N6.6C12H8N2.3Ru/c1-2-14-8-7(13-1)9-11(17-4-3-15-9)12-10(8)16-5-6-18-12;6*1-3-9-5-6-10-4-2-8-14-12(10)11(9)13-7-1;;;/h1-6H;6*1-8H;;;. The third-order valence-electron chi connectivity index (χ3n) is 16.8. The molecular formula is C84H54N18Ru3. The maximum atomic E-state index is 4.35. The van der Waals surface area contributed by atoms with Crippen molar-refractivity contribution in [3.63, 3.8) is 0 Å². The smallest absolute Gasteiger partial charge is 0.119 e. The molecule has 0 fully saturated rings. The average Bonchev–Trinajstić information content (AvgIpc) is 0.749. The Morgan fingerprint density at radius 2 is 0.181 bits per heavy atom. The van der Waals surface area contributed by atoms with E-state index in [0.717, 1.165) is 131 Å². The minimum atomic E-state index is 0. The molecule has 0 radical (unpaired) electrons. The summed E-state index contributed by atoms with van der Waals surface area (Å²) in [7, 11) is 0. The Hall–Kier alpha value is -12.6. The molecule has 0 saturated heterocycles. The topological polar surface area (TPSA) is 232 Å². The SMILES string of the molecule is [Ru].[Ru].[Ru].c1cnc2c(c1)ccc1cccnc12.c1cnc2c(c1)ccc1cccnc12.c1cnc2c(c1)ccc1cccnc12.c1cnc2c(c1)ccc1cccnc12.c1cnc2c(c1)ccc1cccnc12.c1cnc2c(c1)ccc1cccnc12.c1cnc2c(n1)c1nccnc1c1nccnc21. The molecule has 0 aliphatic heterocycles. The van der Waals surface area contributed by atoms with Crippen molar-refractivity contribution in [2.75, 3.05) is 0 Å². The Kier molecular flexibility index (Phi) is 22.5. The van der Waals surface area contributed by atoms with Crippen LogP contribution in [0.3, 0.4) is 0 Å². The number of rotatable bonds is 0. The molecule has 504 valence electrons. The summed E-state index contributed by atoms with van der Waals surface area (Å²) in [4.78, 5) is 78.1. The summed E-state index contributed by atoms with van der Waals surface area (Å²) >= 11 is 0. The molecule has 0 bridgehead atoms.